The number of aromatic nitrogens is 5. The van der Waals surface area contributed by atoms with E-state index in [4.69, 9.17) is 35.9 Å². The van der Waals surface area contributed by atoms with Crippen molar-refractivity contribution in [2.75, 3.05) is 55.6 Å². The van der Waals surface area contributed by atoms with Gasteiger partial charge >= 0.3 is 0 Å². The highest BCUT2D eigenvalue weighted by Crippen LogP contribution is 2.56. The molecule has 2 amide bonds. The van der Waals surface area contributed by atoms with Crippen LogP contribution < -0.4 is 19.9 Å². The molecule has 1 unspecified atom stereocenters. The zero-order valence-electron chi connectivity index (χ0n) is 42.2. The third-order valence-electron chi connectivity index (χ3n) is 16.6. The van der Waals surface area contributed by atoms with Gasteiger partial charge in [0.05, 0.1) is 34.9 Å². The number of fused-ring (bicyclic) bond motifs is 2. The minimum absolute atomic E-state index is 0.0125. The maximum atomic E-state index is 14.7. The molecule has 1 saturated carbocycles. The minimum Gasteiger partial charge on any atom is -0.489 e. The van der Waals surface area contributed by atoms with Gasteiger partial charge in [0.15, 0.2) is 5.82 Å². The standard InChI is InChI=1S/C54H64ClF2N11O4/c1-31-26-66(52-59-23-36(24-60-52)49(70)62-50-53(4,5)51(54(50,6)7)72-39-11-10-35(22-58)44(55)20-39)27-32(2)42(31)28-64-16-12-38(13-17-64)68-45-14-18-65(33(3)69)29-43(45)48(63-68)67-15-8-9-34-19-40(37-25-61-71-30-37)41(47(56)57)21-46(34)67/h10-11,19-21,23-25,30-32,38,42,47,50-51H,8-9,12-18,26-29H2,1-7H3,(H,62,70)/t31-,32+,42?,50?,51?. The van der Waals surface area contributed by atoms with Gasteiger partial charge in [-0.1, -0.05) is 58.3 Å². The third-order valence-corrected chi connectivity index (χ3v) is 16.9. The van der Waals surface area contributed by atoms with E-state index < -0.39 is 17.3 Å². The van der Waals surface area contributed by atoms with Crippen LogP contribution in [0.1, 0.15) is 119 Å². The number of nitrogens with zero attached hydrogens (tertiary/aromatic N) is 10. The van der Waals surface area contributed by atoms with Crippen molar-refractivity contribution in [3.05, 3.63) is 93.7 Å². The molecule has 7 heterocycles. The topological polar surface area (TPSA) is 162 Å². The number of halogens is 3. The molecule has 5 aromatic rings. The van der Waals surface area contributed by atoms with E-state index in [1.54, 1.807) is 43.6 Å². The van der Waals surface area contributed by atoms with Crippen LogP contribution in [0.5, 0.6) is 5.75 Å². The van der Waals surface area contributed by atoms with Crippen molar-refractivity contribution in [3.63, 3.8) is 0 Å². The monoisotopic (exact) mass is 1000 g/mol. The number of likely N-dealkylation sites (tertiary alicyclic amines) is 1. The highest BCUT2D eigenvalue weighted by atomic mass is 35.5. The summed E-state index contributed by atoms with van der Waals surface area (Å²) in [6, 6.07) is 10.6. The molecule has 0 spiro atoms. The smallest absolute Gasteiger partial charge is 0.264 e. The molecule has 3 fully saturated rings. The van der Waals surface area contributed by atoms with Gasteiger partial charge in [-0.3, -0.25) is 14.3 Å². The molecule has 5 aliphatic rings. The maximum Gasteiger partial charge on any atom is 0.264 e. The molecule has 4 aliphatic heterocycles. The largest absolute Gasteiger partial charge is 0.489 e. The van der Waals surface area contributed by atoms with E-state index in [0.717, 1.165) is 86.7 Å². The zero-order chi connectivity index (χ0) is 50.8. The minimum atomic E-state index is -2.69. The van der Waals surface area contributed by atoms with Gasteiger partial charge in [-0.25, -0.2) is 18.7 Å². The lowest BCUT2D eigenvalue weighted by atomic mass is 9.49. The van der Waals surface area contributed by atoms with Crippen LogP contribution in [0, 0.1) is 39.9 Å². The molecule has 15 nitrogen and oxygen atoms in total. The van der Waals surface area contributed by atoms with Gasteiger partial charge in [-0.15, -0.1) is 0 Å². The molecule has 2 aromatic carbocycles. The van der Waals surface area contributed by atoms with Crippen LogP contribution >= 0.6 is 11.6 Å². The number of nitrogens with one attached hydrogen (secondary N) is 1. The third kappa shape index (κ3) is 9.07. The number of carbonyl (C=O) groups is 2. The summed E-state index contributed by atoms with van der Waals surface area (Å²) in [4.78, 5) is 44.6. The molecule has 10 rings (SSSR count). The lowest BCUT2D eigenvalue weighted by Crippen LogP contribution is -2.74. The Morgan fingerprint density at radius 3 is 2.35 bits per heavy atom. The number of alkyl halides is 2. The number of hydrogen-bond donors (Lipinski definition) is 1. The van der Waals surface area contributed by atoms with Crippen molar-refractivity contribution < 1.29 is 27.6 Å². The maximum absolute atomic E-state index is 14.7. The van der Waals surface area contributed by atoms with Crippen molar-refractivity contribution in [3.8, 4) is 22.9 Å². The van der Waals surface area contributed by atoms with E-state index in [2.05, 4.69) is 77.5 Å². The first-order valence-corrected chi connectivity index (χ1v) is 25.7. The molecule has 2 saturated heterocycles. The van der Waals surface area contributed by atoms with Crippen molar-refractivity contribution in [2.45, 2.75) is 112 Å². The van der Waals surface area contributed by atoms with Crippen LogP contribution in [0.15, 0.2) is 59.7 Å². The molecular weight excluding hydrogens is 940 g/mol. The second-order valence-electron chi connectivity index (χ2n) is 22.0. The summed E-state index contributed by atoms with van der Waals surface area (Å²) in [5.74, 6) is 2.98. The molecule has 18 heteroatoms. The van der Waals surface area contributed by atoms with Gasteiger partial charge < -0.3 is 34.2 Å². The van der Waals surface area contributed by atoms with E-state index in [9.17, 15) is 23.6 Å². The molecule has 3 atom stereocenters. The Labute approximate surface area is 424 Å². The zero-order valence-corrected chi connectivity index (χ0v) is 42.9. The quantitative estimate of drug-likeness (QED) is 0.134. The molecule has 3 aromatic heterocycles. The van der Waals surface area contributed by atoms with E-state index in [1.807, 2.05) is 11.0 Å². The van der Waals surface area contributed by atoms with Crippen LogP contribution in [-0.2, 0) is 24.2 Å². The van der Waals surface area contributed by atoms with Crippen molar-refractivity contribution in [2.24, 2.45) is 28.6 Å². The molecule has 72 heavy (non-hydrogen) atoms. The van der Waals surface area contributed by atoms with Crippen molar-refractivity contribution >= 4 is 40.9 Å². The van der Waals surface area contributed by atoms with E-state index in [1.165, 1.54) is 12.5 Å². The Morgan fingerprint density at radius 2 is 1.71 bits per heavy atom. The van der Waals surface area contributed by atoms with Gasteiger partial charge in [0, 0.05) is 123 Å². The van der Waals surface area contributed by atoms with Crippen LogP contribution in [0.25, 0.3) is 11.1 Å². The first-order chi connectivity index (χ1) is 34.4. The van der Waals surface area contributed by atoms with Gasteiger partial charge in [0.1, 0.15) is 24.2 Å². The highest BCUT2D eigenvalue weighted by molar-refractivity contribution is 6.31. The number of benzene rings is 2. The number of aryl methyl sites for hydroxylation is 1. The summed E-state index contributed by atoms with van der Waals surface area (Å²) < 4.78 is 43.1. The number of hydrogen-bond acceptors (Lipinski definition) is 12. The molecule has 1 N–H and O–H groups in total. The van der Waals surface area contributed by atoms with Crippen molar-refractivity contribution in [1.82, 2.24) is 40.0 Å². The Balaban J connectivity index is 0.766. The van der Waals surface area contributed by atoms with E-state index >= 15 is 0 Å². The number of ether oxygens (including phenoxy) is 1. The molecule has 1 aliphatic carbocycles. The number of amides is 2. The summed E-state index contributed by atoms with van der Waals surface area (Å²) in [5.41, 5.74) is 4.75. The lowest BCUT2D eigenvalue weighted by Gasteiger charge is -2.63. The van der Waals surface area contributed by atoms with E-state index in [0.29, 0.717) is 82.8 Å². The predicted molar refractivity (Wildman–Crippen MR) is 269 cm³/mol. The average Bonchev–Trinajstić information content (AvgIpc) is 4.04. The SMILES string of the molecule is CC(=O)N1CCc2c(c(N3CCCc4cc(-c5cnoc5)c(C(F)F)cc43)nn2C2CCN(CC3[C@H](C)CN(c4ncc(C(=O)NC5C(C)(C)C(Oc6ccc(C#N)c(Cl)c6)C5(C)C)cn4)C[C@@H]3C)CC2)C1. The number of nitriles is 1. The fourth-order valence-corrected chi connectivity index (χ4v) is 13.2. The summed E-state index contributed by atoms with van der Waals surface area (Å²) in [5, 5.41) is 22.0. The Bertz CT molecular complexity index is 2850. The summed E-state index contributed by atoms with van der Waals surface area (Å²) >= 11 is 6.29. The average molecular weight is 1000 g/mol. The van der Waals surface area contributed by atoms with Gasteiger partial charge in [0.2, 0.25) is 11.9 Å². The normalized spacial score (nSPS) is 24.0. The van der Waals surface area contributed by atoms with Gasteiger partial charge in [-0.2, -0.15) is 10.4 Å². The molecule has 0 bridgehead atoms. The first kappa shape index (κ1) is 49.5. The number of carbonyl (C=O) groups excluding carboxylic acids is 2. The predicted octanol–water partition coefficient (Wildman–Crippen LogP) is 9.44. The number of rotatable bonds is 11. The lowest BCUT2D eigenvalue weighted by molar-refractivity contribution is -0.164. The van der Waals surface area contributed by atoms with Crippen LogP contribution in [0.2, 0.25) is 5.02 Å². The van der Waals surface area contributed by atoms with Crippen LogP contribution in [0.3, 0.4) is 0 Å². The fraction of sp³-hybridized carbons (Fsp3) is 0.537. The molecule has 380 valence electrons. The highest BCUT2D eigenvalue weighted by Gasteiger charge is 2.64. The van der Waals surface area contributed by atoms with Gasteiger partial charge in [-0.05, 0) is 78.8 Å². The first-order valence-electron chi connectivity index (χ1n) is 25.4. The molecule has 0 radical (unpaired) electrons. The summed E-state index contributed by atoms with van der Waals surface area (Å²) in [6.45, 7) is 20.7. The van der Waals surface area contributed by atoms with E-state index in [-0.39, 0.29) is 35.6 Å². The molecular formula is C54H64ClF2N11O4. The Kier molecular flexibility index (Phi) is 13.3. The summed E-state index contributed by atoms with van der Waals surface area (Å²) in [7, 11) is 0. The number of piperidine rings is 2. The second kappa shape index (κ2) is 19.4. The van der Waals surface area contributed by atoms with Crippen LogP contribution in [-0.4, -0.2) is 104 Å². The Morgan fingerprint density at radius 1 is 0.986 bits per heavy atom. The fourth-order valence-electron chi connectivity index (χ4n) is 13.0. The second-order valence-corrected chi connectivity index (χ2v) is 22.5. The summed E-state index contributed by atoms with van der Waals surface area (Å²) in [6.07, 6.45) is 7.37. The Hall–Kier alpha value is -6.12. The van der Waals surface area contributed by atoms with Crippen LogP contribution in [0.4, 0.5) is 26.2 Å². The number of anilines is 3. The van der Waals surface area contributed by atoms with Crippen molar-refractivity contribution in [1.29, 1.82) is 5.26 Å². The van der Waals surface area contributed by atoms with Gasteiger partial charge in [0.25, 0.3) is 12.3 Å².